The zero-order valence-corrected chi connectivity index (χ0v) is 19.2. The Morgan fingerprint density at radius 2 is 1.97 bits per heavy atom. The first-order valence-corrected chi connectivity index (χ1v) is 11.3. The van der Waals surface area contributed by atoms with Gasteiger partial charge in [0.05, 0.1) is 38.0 Å². The number of amides is 2. The number of nitrogens with zero attached hydrogens (tertiary/aromatic N) is 2. The highest BCUT2D eigenvalue weighted by molar-refractivity contribution is 5.76. The number of rotatable bonds is 1. The third-order valence-corrected chi connectivity index (χ3v) is 6.69. The van der Waals surface area contributed by atoms with E-state index in [2.05, 4.69) is 52.1 Å². The average Bonchev–Trinajstić information content (AvgIpc) is 2.71. The predicted molar refractivity (Wildman–Crippen MR) is 118 cm³/mol. The van der Waals surface area contributed by atoms with Gasteiger partial charge in [-0.3, -0.25) is 0 Å². The molecule has 2 fully saturated rings. The first-order valence-electron chi connectivity index (χ1n) is 11.3. The molecule has 1 aromatic carbocycles. The van der Waals surface area contributed by atoms with E-state index in [9.17, 15) is 4.79 Å². The van der Waals surface area contributed by atoms with E-state index in [4.69, 9.17) is 9.47 Å². The van der Waals surface area contributed by atoms with Gasteiger partial charge >= 0.3 is 6.03 Å². The number of fused-ring (bicyclic) bond motifs is 1. The van der Waals surface area contributed by atoms with E-state index in [0.29, 0.717) is 32.9 Å². The zero-order chi connectivity index (χ0) is 21.5. The molecule has 0 saturated carbocycles. The maximum absolute atomic E-state index is 13.4. The van der Waals surface area contributed by atoms with Crippen molar-refractivity contribution in [3.63, 3.8) is 0 Å². The molecule has 166 valence electrons. The van der Waals surface area contributed by atoms with E-state index in [0.717, 1.165) is 26.1 Å². The van der Waals surface area contributed by atoms with Crippen LogP contribution in [-0.2, 0) is 27.9 Å². The lowest BCUT2D eigenvalue weighted by Crippen LogP contribution is -2.59. The van der Waals surface area contributed by atoms with E-state index in [1.54, 1.807) is 0 Å². The summed E-state index contributed by atoms with van der Waals surface area (Å²) >= 11 is 0. The number of hydrogen-bond acceptors (Lipinski definition) is 4. The fourth-order valence-electron chi connectivity index (χ4n) is 4.75. The van der Waals surface area contributed by atoms with E-state index in [1.165, 1.54) is 22.3 Å². The summed E-state index contributed by atoms with van der Waals surface area (Å²) in [6, 6.07) is 5.03. The van der Waals surface area contributed by atoms with Gasteiger partial charge in [0.15, 0.2) is 0 Å². The van der Waals surface area contributed by atoms with Crippen LogP contribution in [0, 0.1) is 0 Å². The van der Waals surface area contributed by atoms with Gasteiger partial charge in [-0.05, 0) is 47.9 Å². The lowest BCUT2D eigenvalue weighted by atomic mass is 9.80. The van der Waals surface area contributed by atoms with Crippen LogP contribution in [0.25, 0.3) is 0 Å². The molecule has 4 rings (SSSR count). The quantitative estimate of drug-likeness (QED) is 0.765. The number of carbonyl (C=O) groups is 1. The summed E-state index contributed by atoms with van der Waals surface area (Å²) < 4.78 is 11.4. The lowest BCUT2D eigenvalue weighted by molar-refractivity contribution is -0.0358. The summed E-state index contributed by atoms with van der Waals surface area (Å²) in [4.78, 5) is 17.5. The molecule has 1 atom stereocenters. The summed E-state index contributed by atoms with van der Waals surface area (Å²) in [6.07, 6.45) is 0.899. The highest BCUT2D eigenvalue weighted by atomic mass is 16.5. The maximum Gasteiger partial charge on any atom is 0.320 e. The fraction of sp³-hybridized carbons (Fsp3) is 0.708. The van der Waals surface area contributed by atoms with Crippen LogP contribution in [0.2, 0.25) is 0 Å². The van der Waals surface area contributed by atoms with Crippen molar-refractivity contribution in [1.82, 2.24) is 15.1 Å². The smallest absolute Gasteiger partial charge is 0.320 e. The van der Waals surface area contributed by atoms with Crippen molar-refractivity contribution >= 4 is 6.03 Å². The molecule has 30 heavy (non-hydrogen) atoms. The Hall–Kier alpha value is -1.63. The van der Waals surface area contributed by atoms with Crippen molar-refractivity contribution in [2.24, 2.45) is 0 Å². The SMILES string of the molecule is CC(C)(C)c1cc2c(c([C@@H]3COCCN3)c1)CN(C(=O)N1CCOCC1(C)C)CC2. The van der Waals surface area contributed by atoms with Crippen LogP contribution in [-0.4, -0.2) is 67.4 Å². The van der Waals surface area contributed by atoms with Crippen LogP contribution in [0.4, 0.5) is 4.79 Å². The Labute approximate surface area is 180 Å². The molecule has 1 aromatic rings. The summed E-state index contributed by atoms with van der Waals surface area (Å²) in [5.41, 5.74) is 5.16. The number of morpholine rings is 2. The van der Waals surface area contributed by atoms with E-state index in [-0.39, 0.29) is 23.0 Å². The van der Waals surface area contributed by atoms with Crippen LogP contribution < -0.4 is 5.32 Å². The van der Waals surface area contributed by atoms with Gasteiger partial charge < -0.3 is 24.6 Å². The van der Waals surface area contributed by atoms with E-state index < -0.39 is 0 Å². The Morgan fingerprint density at radius 1 is 1.17 bits per heavy atom. The highest BCUT2D eigenvalue weighted by Crippen LogP contribution is 2.34. The van der Waals surface area contributed by atoms with Crippen LogP contribution in [0.1, 0.15) is 62.9 Å². The Bertz CT molecular complexity index is 794. The largest absolute Gasteiger partial charge is 0.378 e. The minimum atomic E-state index is -0.271. The number of urea groups is 1. The fourth-order valence-corrected chi connectivity index (χ4v) is 4.75. The maximum atomic E-state index is 13.4. The molecule has 6 heteroatoms. The van der Waals surface area contributed by atoms with Crippen LogP contribution in [0.15, 0.2) is 12.1 Å². The monoisotopic (exact) mass is 415 g/mol. The van der Waals surface area contributed by atoms with E-state index in [1.807, 2.05) is 9.80 Å². The van der Waals surface area contributed by atoms with Gasteiger partial charge in [0.1, 0.15) is 0 Å². The molecule has 2 saturated heterocycles. The minimum Gasteiger partial charge on any atom is -0.378 e. The number of hydrogen-bond donors (Lipinski definition) is 1. The topological polar surface area (TPSA) is 54.0 Å². The van der Waals surface area contributed by atoms with Gasteiger partial charge in [0, 0.05) is 26.2 Å². The van der Waals surface area contributed by atoms with Gasteiger partial charge in [0.25, 0.3) is 0 Å². The number of benzene rings is 1. The normalized spacial score (nSPS) is 24.5. The second kappa shape index (κ2) is 8.13. The van der Waals surface area contributed by atoms with Gasteiger partial charge in [-0.25, -0.2) is 4.79 Å². The van der Waals surface area contributed by atoms with Gasteiger partial charge in [0.2, 0.25) is 0 Å². The minimum absolute atomic E-state index is 0.0874. The predicted octanol–water partition coefficient (Wildman–Crippen LogP) is 3.23. The summed E-state index contributed by atoms with van der Waals surface area (Å²) in [6.45, 7) is 16.6. The Morgan fingerprint density at radius 3 is 2.63 bits per heavy atom. The molecule has 3 aliphatic rings. The molecular formula is C24H37N3O3. The second-order valence-electron chi connectivity index (χ2n) is 10.5. The molecule has 1 N–H and O–H groups in total. The molecule has 0 radical (unpaired) electrons. The molecule has 6 nitrogen and oxygen atoms in total. The highest BCUT2D eigenvalue weighted by Gasteiger charge is 2.38. The average molecular weight is 416 g/mol. The second-order valence-corrected chi connectivity index (χ2v) is 10.5. The number of nitrogens with one attached hydrogen (secondary N) is 1. The van der Waals surface area contributed by atoms with Crippen molar-refractivity contribution < 1.29 is 14.3 Å². The number of ether oxygens (including phenoxy) is 2. The summed E-state index contributed by atoms with van der Waals surface area (Å²) in [7, 11) is 0. The lowest BCUT2D eigenvalue weighted by Gasteiger charge is -2.45. The number of carbonyl (C=O) groups excluding carboxylic acids is 1. The summed E-state index contributed by atoms with van der Waals surface area (Å²) in [5, 5.41) is 3.63. The molecule has 3 aliphatic heterocycles. The standard InChI is InChI=1S/C24H37N3O3/c1-23(2,3)18-12-17-6-8-26(22(28)27-9-11-30-16-24(27,4)5)14-20(17)19(13-18)21-15-29-10-7-25-21/h12-13,21,25H,6-11,14-16H2,1-5H3/t21-/m0/s1. The van der Waals surface area contributed by atoms with Crippen molar-refractivity contribution in [2.45, 2.75) is 64.6 Å². The molecule has 0 aliphatic carbocycles. The molecule has 0 bridgehead atoms. The van der Waals surface area contributed by atoms with Crippen molar-refractivity contribution in [3.05, 3.63) is 34.4 Å². The third-order valence-electron chi connectivity index (χ3n) is 6.69. The first-order chi connectivity index (χ1) is 14.2. The molecule has 0 aromatic heterocycles. The van der Waals surface area contributed by atoms with Crippen LogP contribution in [0.5, 0.6) is 0 Å². The molecular weight excluding hydrogens is 378 g/mol. The van der Waals surface area contributed by atoms with E-state index >= 15 is 0 Å². The van der Waals surface area contributed by atoms with Gasteiger partial charge in [-0.2, -0.15) is 0 Å². The molecule has 0 spiro atoms. The van der Waals surface area contributed by atoms with Crippen molar-refractivity contribution in [2.75, 3.05) is 46.1 Å². The molecule has 2 amide bonds. The molecule has 0 unspecified atom stereocenters. The first kappa shape index (κ1) is 21.6. The summed E-state index contributed by atoms with van der Waals surface area (Å²) in [5.74, 6) is 0. The van der Waals surface area contributed by atoms with Crippen molar-refractivity contribution in [3.8, 4) is 0 Å². The Balaban J connectivity index is 1.65. The third kappa shape index (κ3) is 4.23. The van der Waals surface area contributed by atoms with Crippen molar-refractivity contribution in [1.29, 1.82) is 0 Å². The van der Waals surface area contributed by atoms with Gasteiger partial charge in [-0.15, -0.1) is 0 Å². The van der Waals surface area contributed by atoms with Gasteiger partial charge in [-0.1, -0.05) is 32.9 Å². The Kier molecular flexibility index (Phi) is 5.86. The molecule has 3 heterocycles. The van der Waals surface area contributed by atoms with Crippen LogP contribution in [0.3, 0.4) is 0 Å². The van der Waals surface area contributed by atoms with Crippen LogP contribution >= 0.6 is 0 Å². The zero-order valence-electron chi connectivity index (χ0n) is 19.2.